The van der Waals surface area contributed by atoms with Crippen molar-refractivity contribution in [2.75, 3.05) is 11.5 Å². The first-order valence-corrected chi connectivity index (χ1v) is 10.8. The third-order valence-electron chi connectivity index (χ3n) is 4.21. The van der Waals surface area contributed by atoms with Gasteiger partial charge in [-0.2, -0.15) is 0 Å². The van der Waals surface area contributed by atoms with E-state index in [4.69, 9.17) is 0 Å². The number of rotatable bonds is 5. The minimum absolute atomic E-state index is 0.0357. The molecule has 1 amide bonds. The molecule has 2 heterocycles. The fourth-order valence-corrected chi connectivity index (χ4v) is 5.39. The highest BCUT2D eigenvalue weighted by Crippen LogP contribution is 2.26. The molecule has 0 saturated carbocycles. The lowest BCUT2D eigenvalue weighted by molar-refractivity contribution is -0.120. The highest BCUT2D eigenvalue weighted by Gasteiger charge is 2.30. The number of para-hydroxylation sites is 1. The van der Waals surface area contributed by atoms with Crippen molar-refractivity contribution >= 4 is 27.5 Å². The van der Waals surface area contributed by atoms with Gasteiger partial charge in [-0.05, 0) is 31.9 Å². The van der Waals surface area contributed by atoms with Gasteiger partial charge in [0.25, 0.3) is 0 Å². The van der Waals surface area contributed by atoms with Crippen LogP contribution in [0, 0.1) is 6.92 Å². The van der Waals surface area contributed by atoms with Gasteiger partial charge >= 0.3 is 0 Å². The van der Waals surface area contributed by atoms with Gasteiger partial charge in [0.15, 0.2) is 15.0 Å². The maximum Gasteiger partial charge on any atom is 0.233 e. The summed E-state index contributed by atoms with van der Waals surface area (Å²) >= 11 is 1.36. The van der Waals surface area contributed by atoms with Gasteiger partial charge in [0.1, 0.15) is 0 Å². The number of hydrogen-bond acceptors (Lipinski definition) is 5. The third-order valence-corrected chi connectivity index (χ3v) is 7.06. The molecular weight excluding hydrogens is 358 g/mol. The van der Waals surface area contributed by atoms with E-state index < -0.39 is 9.84 Å². The molecule has 0 spiro atoms. The Kier molecular flexibility index (Phi) is 5.19. The van der Waals surface area contributed by atoms with Crippen LogP contribution in [0.3, 0.4) is 0 Å². The number of amides is 1. The molecule has 6 nitrogen and oxygen atoms in total. The van der Waals surface area contributed by atoms with Gasteiger partial charge in [-0.3, -0.25) is 9.36 Å². The van der Waals surface area contributed by atoms with Gasteiger partial charge in [0, 0.05) is 18.4 Å². The lowest BCUT2D eigenvalue weighted by atomic mass is 10.2. The number of benzene rings is 1. The molecule has 8 heteroatoms. The van der Waals surface area contributed by atoms with Crippen LogP contribution in [0.4, 0.5) is 0 Å². The summed E-state index contributed by atoms with van der Waals surface area (Å²) in [4.78, 5) is 16.7. The number of imidazole rings is 1. The molecule has 0 aliphatic carbocycles. The fourth-order valence-electron chi connectivity index (χ4n) is 2.83. The van der Waals surface area contributed by atoms with E-state index in [1.807, 2.05) is 42.0 Å². The van der Waals surface area contributed by atoms with Gasteiger partial charge in [-0.25, -0.2) is 13.4 Å². The second-order valence-corrected chi connectivity index (χ2v) is 9.77. The normalized spacial score (nSPS) is 20.3. The van der Waals surface area contributed by atoms with E-state index in [1.165, 1.54) is 11.8 Å². The van der Waals surface area contributed by atoms with Crippen molar-refractivity contribution in [3.8, 4) is 5.69 Å². The number of nitrogens with zero attached hydrogens (tertiary/aromatic N) is 2. The topological polar surface area (TPSA) is 81.1 Å². The van der Waals surface area contributed by atoms with Gasteiger partial charge in [-0.1, -0.05) is 30.0 Å². The summed E-state index contributed by atoms with van der Waals surface area (Å²) in [5.74, 6) is 0.0249. The summed E-state index contributed by atoms with van der Waals surface area (Å²) in [6.07, 6.45) is 4.07. The Morgan fingerprint density at radius 2 is 2.16 bits per heavy atom. The lowest BCUT2D eigenvalue weighted by Gasteiger charge is -2.16. The maximum atomic E-state index is 12.4. The van der Waals surface area contributed by atoms with Crippen LogP contribution in [0.25, 0.3) is 5.69 Å². The average molecular weight is 380 g/mol. The van der Waals surface area contributed by atoms with E-state index in [2.05, 4.69) is 10.3 Å². The van der Waals surface area contributed by atoms with Crippen molar-refractivity contribution in [2.24, 2.45) is 0 Å². The third kappa shape index (κ3) is 4.24. The summed E-state index contributed by atoms with van der Waals surface area (Å²) in [6, 6.07) is 7.70. The minimum atomic E-state index is -3.00. The Morgan fingerprint density at radius 1 is 1.40 bits per heavy atom. The Labute approximate surface area is 152 Å². The molecule has 0 radical (unpaired) electrons. The molecule has 134 valence electrons. The molecule has 1 aromatic heterocycles. The second-order valence-electron chi connectivity index (χ2n) is 6.23. The van der Waals surface area contributed by atoms with Gasteiger partial charge < -0.3 is 5.32 Å². The predicted octanol–water partition coefficient (Wildman–Crippen LogP) is 1.96. The number of sulfone groups is 1. The molecule has 0 bridgehead atoms. The molecule has 2 unspecified atom stereocenters. The minimum Gasteiger partial charge on any atom is -0.351 e. The Bertz CT molecular complexity index is 877. The molecule has 2 atom stereocenters. The molecule has 1 N–H and O–H groups in total. The predicted molar refractivity (Wildman–Crippen MR) is 98.8 cm³/mol. The zero-order valence-corrected chi connectivity index (χ0v) is 15.8. The summed E-state index contributed by atoms with van der Waals surface area (Å²) in [5, 5.41) is 3.21. The van der Waals surface area contributed by atoms with Crippen molar-refractivity contribution < 1.29 is 13.2 Å². The Morgan fingerprint density at radius 3 is 2.84 bits per heavy atom. The van der Waals surface area contributed by atoms with Crippen LogP contribution >= 0.6 is 11.8 Å². The van der Waals surface area contributed by atoms with Crippen LogP contribution in [0.15, 0.2) is 41.8 Å². The van der Waals surface area contributed by atoms with Crippen molar-refractivity contribution in [1.29, 1.82) is 0 Å². The molecule has 3 rings (SSSR count). The Hall–Kier alpha value is -1.80. The highest BCUT2D eigenvalue weighted by atomic mass is 32.2. The summed E-state index contributed by atoms with van der Waals surface area (Å²) in [5.41, 5.74) is 2.15. The SMILES string of the molecule is Cc1ccccc1-n1ccnc1SC(C)C(=O)NC1CCS(=O)(=O)C1. The number of nitrogens with one attached hydrogen (secondary N) is 1. The molecule has 1 saturated heterocycles. The molecule has 1 aliphatic heterocycles. The van der Waals surface area contributed by atoms with E-state index >= 15 is 0 Å². The first-order chi connectivity index (χ1) is 11.9. The van der Waals surface area contributed by atoms with Crippen molar-refractivity contribution in [3.63, 3.8) is 0 Å². The summed E-state index contributed by atoms with van der Waals surface area (Å²) in [7, 11) is -3.00. The molecular formula is C17H21N3O3S2. The zero-order chi connectivity index (χ0) is 18.0. The molecule has 1 fully saturated rings. The smallest absolute Gasteiger partial charge is 0.233 e. The van der Waals surface area contributed by atoms with E-state index in [0.29, 0.717) is 6.42 Å². The van der Waals surface area contributed by atoms with Gasteiger partial charge in [0.05, 0.1) is 22.4 Å². The van der Waals surface area contributed by atoms with E-state index in [-0.39, 0.29) is 28.7 Å². The summed E-state index contributed by atoms with van der Waals surface area (Å²) < 4.78 is 25.0. The maximum absolute atomic E-state index is 12.4. The largest absolute Gasteiger partial charge is 0.351 e. The first kappa shape index (κ1) is 18.0. The molecule has 2 aromatic rings. The highest BCUT2D eigenvalue weighted by molar-refractivity contribution is 8.00. The van der Waals surface area contributed by atoms with Crippen LogP contribution in [0.5, 0.6) is 0 Å². The van der Waals surface area contributed by atoms with Crippen molar-refractivity contribution in [3.05, 3.63) is 42.2 Å². The van der Waals surface area contributed by atoms with Crippen LogP contribution in [0.2, 0.25) is 0 Å². The molecule has 1 aliphatic rings. The fraction of sp³-hybridized carbons (Fsp3) is 0.412. The number of aromatic nitrogens is 2. The van der Waals surface area contributed by atoms with E-state index in [1.54, 1.807) is 13.1 Å². The standard InChI is InChI=1S/C17H21N3O3S2/c1-12-5-3-4-6-15(12)20-9-8-18-17(20)24-13(2)16(21)19-14-7-10-25(22,23)11-14/h3-6,8-9,13-14H,7,10-11H2,1-2H3,(H,19,21). The number of aryl methyl sites for hydroxylation is 1. The number of carbonyl (C=O) groups excluding carboxylic acids is 1. The van der Waals surface area contributed by atoms with Gasteiger partial charge in [-0.15, -0.1) is 0 Å². The van der Waals surface area contributed by atoms with Crippen LogP contribution in [-0.2, 0) is 14.6 Å². The zero-order valence-electron chi connectivity index (χ0n) is 14.2. The van der Waals surface area contributed by atoms with Gasteiger partial charge in [0.2, 0.25) is 5.91 Å². The van der Waals surface area contributed by atoms with Crippen molar-refractivity contribution in [2.45, 2.75) is 36.7 Å². The van der Waals surface area contributed by atoms with Crippen LogP contribution < -0.4 is 5.32 Å². The molecule has 1 aromatic carbocycles. The van der Waals surface area contributed by atoms with E-state index in [0.717, 1.165) is 16.4 Å². The average Bonchev–Trinajstić information content (AvgIpc) is 3.14. The number of carbonyl (C=O) groups is 1. The second kappa shape index (κ2) is 7.21. The molecule has 25 heavy (non-hydrogen) atoms. The summed E-state index contributed by atoms with van der Waals surface area (Å²) in [6.45, 7) is 3.83. The number of hydrogen-bond donors (Lipinski definition) is 1. The van der Waals surface area contributed by atoms with Crippen LogP contribution in [0.1, 0.15) is 18.9 Å². The van der Waals surface area contributed by atoms with Crippen LogP contribution in [-0.4, -0.2) is 46.7 Å². The lowest BCUT2D eigenvalue weighted by Crippen LogP contribution is -2.40. The monoisotopic (exact) mass is 379 g/mol. The Balaban J connectivity index is 1.68. The quantitative estimate of drug-likeness (QED) is 0.803. The van der Waals surface area contributed by atoms with E-state index in [9.17, 15) is 13.2 Å². The van der Waals surface area contributed by atoms with Crippen molar-refractivity contribution in [1.82, 2.24) is 14.9 Å². The first-order valence-electron chi connectivity index (χ1n) is 8.12. The number of thioether (sulfide) groups is 1.